The topological polar surface area (TPSA) is 96.8 Å². The van der Waals surface area contributed by atoms with Crippen molar-refractivity contribution in [3.63, 3.8) is 0 Å². The molecule has 0 saturated carbocycles. The van der Waals surface area contributed by atoms with Gasteiger partial charge in [-0.1, -0.05) is 75.4 Å². The molecular formula is C38H45N3O6Si. The predicted octanol–water partition coefficient (Wildman–Crippen LogP) is 7.43. The van der Waals surface area contributed by atoms with Crippen LogP contribution in [0.5, 0.6) is 11.5 Å². The van der Waals surface area contributed by atoms with Gasteiger partial charge in [-0.15, -0.1) is 0 Å². The van der Waals surface area contributed by atoms with E-state index < -0.39 is 26.3 Å². The summed E-state index contributed by atoms with van der Waals surface area (Å²) in [6, 6.07) is 28.1. The average Bonchev–Trinajstić information content (AvgIpc) is 3.70. The molecule has 9 nitrogen and oxygen atoms in total. The first-order chi connectivity index (χ1) is 23.0. The van der Waals surface area contributed by atoms with Gasteiger partial charge < -0.3 is 32.9 Å². The standard InChI is InChI=1S/C38H45N3O6Si/c1-37(2,3)48(6,7)47-32-23-34(41-25-40-35-31(41)21-22-39-36(35)42)46-33(32)24-45-38(26-11-9-8-10-12-26,27-13-17-29(43-4)18-14-27)28-15-19-30(44-5)20-16-28/h8-22,25,32-34H,23-24H2,1-7H3,(H,39,42)/t32-,33-,34-/m1/s1. The fraction of sp³-hybridized carbons (Fsp3) is 0.368. The van der Waals surface area contributed by atoms with Gasteiger partial charge in [0, 0.05) is 12.6 Å². The van der Waals surface area contributed by atoms with Gasteiger partial charge >= 0.3 is 0 Å². The Kier molecular flexibility index (Phi) is 9.37. The van der Waals surface area contributed by atoms with E-state index in [0.29, 0.717) is 17.5 Å². The Morgan fingerprint density at radius 3 is 2.02 bits per heavy atom. The highest BCUT2D eigenvalue weighted by Gasteiger charge is 2.47. The molecule has 1 saturated heterocycles. The second kappa shape index (κ2) is 13.4. The second-order valence-corrected chi connectivity index (χ2v) is 18.5. The predicted molar refractivity (Wildman–Crippen MR) is 189 cm³/mol. The number of hydrogen-bond donors (Lipinski definition) is 1. The van der Waals surface area contributed by atoms with Crippen molar-refractivity contribution in [3.05, 3.63) is 124 Å². The number of aromatic amines is 1. The molecule has 3 atom stereocenters. The molecule has 3 heterocycles. The number of H-pyrrole nitrogens is 1. The van der Waals surface area contributed by atoms with Gasteiger partial charge in [-0.3, -0.25) is 4.79 Å². The number of hydrogen-bond acceptors (Lipinski definition) is 7. The third-order valence-electron chi connectivity index (χ3n) is 9.88. The van der Waals surface area contributed by atoms with Gasteiger partial charge in [0.1, 0.15) is 29.4 Å². The maximum absolute atomic E-state index is 12.5. The van der Waals surface area contributed by atoms with E-state index in [1.54, 1.807) is 26.7 Å². The van der Waals surface area contributed by atoms with Crippen LogP contribution < -0.4 is 15.0 Å². The van der Waals surface area contributed by atoms with Gasteiger partial charge in [0.15, 0.2) is 13.8 Å². The molecule has 10 heteroatoms. The summed E-state index contributed by atoms with van der Waals surface area (Å²) in [6.07, 6.45) is 2.84. The van der Waals surface area contributed by atoms with Crippen LogP contribution in [-0.2, 0) is 19.5 Å². The smallest absolute Gasteiger partial charge is 0.276 e. The number of methoxy groups -OCH3 is 2. The van der Waals surface area contributed by atoms with Crippen molar-refractivity contribution in [2.24, 2.45) is 0 Å². The number of pyridine rings is 1. The van der Waals surface area contributed by atoms with Crippen molar-refractivity contribution in [2.45, 2.75) is 69.4 Å². The molecule has 2 aromatic heterocycles. The number of aromatic nitrogens is 3. The van der Waals surface area contributed by atoms with Gasteiger partial charge in [-0.05, 0) is 65.2 Å². The van der Waals surface area contributed by atoms with E-state index in [0.717, 1.165) is 28.2 Å². The number of nitrogens with one attached hydrogen (secondary N) is 1. The Labute approximate surface area is 282 Å². The minimum atomic E-state index is -2.22. The fourth-order valence-corrected chi connectivity index (χ4v) is 7.54. The monoisotopic (exact) mass is 667 g/mol. The lowest BCUT2D eigenvalue weighted by Gasteiger charge is -2.40. The minimum Gasteiger partial charge on any atom is -0.497 e. The summed E-state index contributed by atoms with van der Waals surface area (Å²) in [4.78, 5) is 19.6. The van der Waals surface area contributed by atoms with E-state index >= 15 is 0 Å². The Bertz CT molecular complexity index is 1830. The molecule has 1 fully saturated rings. The number of fused-ring (bicyclic) bond motifs is 1. The molecule has 0 unspecified atom stereocenters. The van der Waals surface area contributed by atoms with Crippen LogP contribution in [-0.4, -0.2) is 55.9 Å². The van der Waals surface area contributed by atoms with Gasteiger partial charge in [0.25, 0.3) is 5.56 Å². The molecule has 0 spiro atoms. The summed E-state index contributed by atoms with van der Waals surface area (Å²) in [5.74, 6) is 1.51. The molecule has 48 heavy (non-hydrogen) atoms. The number of imidazole rings is 1. The highest BCUT2D eigenvalue weighted by molar-refractivity contribution is 6.74. The zero-order chi connectivity index (χ0) is 34.1. The molecular weight excluding hydrogens is 623 g/mol. The van der Waals surface area contributed by atoms with Crippen LogP contribution >= 0.6 is 0 Å². The molecule has 252 valence electrons. The van der Waals surface area contributed by atoms with Crippen LogP contribution in [0.25, 0.3) is 11.0 Å². The third kappa shape index (κ3) is 6.33. The minimum absolute atomic E-state index is 0.00846. The molecule has 1 N–H and O–H groups in total. The number of ether oxygens (including phenoxy) is 4. The van der Waals surface area contributed by atoms with Crippen molar-refractivity contribution < 1.29 is 23.4 Å². The van der Waals surface area contributed by atoms with Gasteiger partial charge in [0.2, 0.25) is 0 Å². The first-order valence-corrected chi connectivity index (χ1v) is 19.2. The molecule has 0 bridgehead atoms. The summed E-state index contributed by atoms with van der Waals surface area (Å²) in [7, 11) is 1.10. The van der Waals surface area contributed by atoms with Gasteiger partial charge in [-0.25, -0.2) is 4.98 Å². The zero-order valence-corrected chi connectivity index (χ0v) is 29.7. The van der Waals surface area contributed by atoms with Crippen molar-refractivity contribution in [1.29, 1.82) is 0 Å². The molecule has 6 rings (SSSR count). The Morgan fingerprint density at radius 1 is 0.875 bits per heavy atom. The molecule has 1 aliphatic rings. The molecule has 3 aromatic carbocycles. The molecule has 0 aliphatic carbocycles. The maximum Gasteiger partial charge on any atom is 0.276 e. The summed E-state index contributed by atoms with van der Waals surface area (Å²) in [5, 5.41) is -0.00846. The zero-order valence-electron chi connectivity index (χ0n) is 28.7. The average molecular weight is 668 g/mol. The number of nitrogens with zero attached hydrogens (tertiary/aromatic N) is 2. The van der Waals surface area contributed by atoms with E-state index in [-0.39, 0.29) is 23.3 Å². The Balaban J connectivity index is 1.43. The SMILES string of the molecule is COc1ccc(C(OC[C@H]2O[C@@H](n3cnc4c(=O)[nH]ccc43)C[C@H]2O[Si](C)(C)C(C)(C)C)(c2ccccc2)c2ccc(OC)cc2)cc1. The van der Waals surface area contributed by atoms with E-state index in [9.17, 15) is 4.79 Å². The molecule has 1 aliphatic heterocycles. The number of rotatable bonds is 11. The second-order valence-electron chi connectivity index (χ2n) is 13.8. The molecule has 0 amide bonds. The summed E-state index contributed by atoms with van der Waals surface area (Å²) >= 11 is 0. The van der Waals surface area contributed by atoms with E-state index in [2.05, 4.69) is 56.0 Å². The van der Waals surface area contributed by atoms with Crippen molar-refractivity contribution in [3.8, 4) is 11.5 Å². The normalized spacial score (nSPS) is 18.7. The summed E-state index contributed by atoms with van der Waals surface area (Å²) < 4.78 is 34.2. The third-order valence-corrected chi connectivity index (χ3v) is 14.4. The Morgan fingerprint density at radius 2 is 1.46 bits per heavy atom. The maximum atomic E-state index is 12.5. The van der Waals surface area contributed by atoms with E-state index in [1.807, 2.05) is 77.4 Å². The Hall–Kier alpha value is -4.22. The van der Waals surface area contributed by atoms with Crippen LogP contribution in [0.2, 0.25) is 18.1 Å². The van der Waals surface area contributed by atoms with Crippen molar-refractivity contribution in [1.82, 2.24) is 14.5 Å². The van der Waals surface area contributed by atoms with E-state index in [4.69, 9.17) is 23.4 Å². The highest BCUT2D eigenvalue weighted by Crippen LogP contribution is 2.45. The lowest BCUT2D eigenvalue weighted by molar-refractivity contribution is -0.0913. The first-order valence-electron chi connectivity index (χ1n) is 16.3. The van der Waals surface area contributed by atoms with Crippen LogP contribution in [0.15, 0.2) is 102 Å². The highest BCUT2D eigenvalue weighted by atomic mass is 28.4. The van der Waals surface area contributed by atoms with Gasteiger partial charge in [0.05, 0.1) is 38.8 Å². The van der Waals surface area contributed by atoms with Crippen molar-refractivity contribution >= 4 is 19.4 Å². The molecule has 5 aromatic rings. The number of benzene rings is 3. The first kappa shape index (κ1) is 33.7. The van der Waals surface area contributed by atoms with Gasteiger partial charge in [-0.2, -0.15) is 0 Å². The lowest BCUT2D eigenvalue weighted by Crippen LogP contribution is -2.47. The quantitative estimate of drug-likeness (QED) is 0.116. The van der Waals surface area contributed by atoms with Crippen molar-refractivity contribution in [2.75, 3.05) is 20.8 Å². The van der Waals surface area contributed by atoms with Crippen LogP contribution in [0.3, 0.4) is 0 Å². The largest absolute Gasteiger partial charge is 0.497 e. The summed E-state index contributed by atoms with van der Waals surface area (Å²) in [6.45, 7) is 11.5. The van der Waals surface area contributed by atoms with Crippen LogP contribution in [0.1, 0.15) is 50.1 Å². The molecule has 0 radical (unpaired) electrons. The van der Waals surface area contributed by atoms with E-state index in [1.165, 1.54) is 0 Å². The summed E-state index contributed by atoms with van der Waals surface area (Å²) in [5.41, 5.74) is 2.71. The fourth-order valence-electron chi connectivity index (χ4n) is 6.19. The lowest BCUT2D eigenvalue weighted by atomic mass is 9.80. The van der Waals surface area contributed by atoms with Crippen LogP contribution in [0.4, 0.5) is 0 Å². The van der Waals surface area contributed by atoms with Crippen LogP contribution in [0, 0.1) is 0 Å².